The van der Waals surface area contributed by atoms with Gasteiger partial charge in [-0.05, 0) is 38.8 Å². The number of likely N-dealkylation sites (tertiary alicyclic amines) is 1. The number of amides is 1. The van der Waals surface area contributed by atoms with E-state index >= 15 is 0 Å². The van der Waals surface area contributed by atoms with Crippen molar-refractivity contribution in [1.29, 1.82) is 0 Å². The average molecular weight is 321 g/mol. The molecule has 2 N–H and O–H groups in total. The van der Waals surface area contributed by atoms with E-state index in [2.05, 4.69) is 10.3 Å². The van der Waals surface area contributed by atoms with Crippen LogP contribution in [0.1, 0.15) is 38.8 Å². The van der Waals surface area contributed by atoms with Crippen LogP contribution in [0.5, 0.6) is 0 Å². The maximum absolute atomic E-state index is 11.8. The number of hydrogen-bond donors (Lipinski definition) is 2. The highest BCUT2D eigenvalue weighted by molar-refractivity contribution is 5.75. The Hall–Kier alpha value is -2.15. The first-order valence-electron chi connectivity index (χ1n) is 7.62. The molecule has 0 unspecified atom stereocenters. The third kappa shape index (κ3) is 4.92. The molecule has 0 radical (unpaired) electrons. The number of nitrogens with one attached hydrogen (secondary N) is 1. The Morgan fingerprint density at radius 3 is 2.78 bits per heavy atom. The molecule has 1 saturated heterocycles. The molecule has 1 aromatic heterocycles. The van der Waals surface area contributed by atoms with E-state index in [-0.39, 0.29) is 6.04 Å². The Kier molecular flexibility index (Phi) is 5.20. The lowest BCUT2D eigenvalue weighted by molar-refractivity contribution is -0.143. The Bertz CT molecular complexity index is 556. The van der Waals surface area contributed by atoms with Gasteiger partial charge in [0.1, 0.15) is 11.6 Å². The molecule has 0 aromatic carbocycles. The molecular weight excluding hydrogens is 298 g/mol. The van der Waals surface area contributed by atoms with E-state index in [9.17, 15) is 14.7 Å². The molecule has 0 bridgehead atoms. The van der Waals surface area contributed by atoms with E-state index < -0.39 is 23.7 Å². The van der Waals surface area contributed by atoms with Gasteiger partial charge in [0.15, 0.2) is 0 Å². The van der Waals surface area contributed by atoms with Crippen LogP contribution in [-0.2, 0) is 9.53 Å². The first-order valence-corrected chi connectivity index (χ1v) is 7.62. The van der Waals surface area contributed by atoms with Gasteiger partial charge in [0.25, 0.3) is 0 Å². The lowest BCUT2D eigenvalue weighted by Crippen LogP contribution is -2.41. The van der Waals surface area contributed by atoms with E-state index in [1.807, 2.05) is 4.90 Å². The van der Waals surface area contributed by atoms with E-state index in [0.717, 1.165) is 0 Å². The summed E-state index contributed by atoms with van der Waals surface area (Å²) in [5.74, 6) is -0.920. The van der Waals surface area contributed by atoms with Crippen molar-refractivity contribution in [3.05, 3.63) is 30.1 Å². The van der Waals surface area contributed by atoms with Gasteiger partial charge in [0, 0.05) is 31.5 Å². The van der Waals surface area contributed by atoms with Gasteiger partial charge >= 0.3 is 12.1 Å². The Balaban J connectivity index is 1.98. The van der Waals surface area contributed by atoms with E-state index in [0.29, 0.717) is 25.1 Å². The van der Waals surface area contributed by atoms with Crippen LogP contribution in [0.4, 0.5) is 4.79 Å². The van der Waals surface area contributed by atoms with E-state index in [4.69, 9.17) is 4.74 Å². The number of aliphatic carboxylic acids is 1. The van der Waals surface area contributed by atoms with E-state index in [1.165, 1.54) is 0 Å². The molecule has 126 valence electrons. The standard InChI is InChI=1S/C16H23N3O4/c1-16(2,3)23-15(22)18-12-6-8-19(10-12)13(14(20)21)11-5-4-7-17-9-11/h4-5,7,9,12-13H,6,8,10H2,1-3H3,(H,18,22)(H,20,21)/t12-,13+/m0/s1. The highest BCUT2D eigenvalue weighted by atomic mass is 16.6. The van der Waals surface area contributed by atoms with Gasteiger partial charge in [-0.1, -0.05) is 6.07 Å². The summed E-state index contributed by atoms with van der Waals surface area (Å²) in [5, 5.41) is 12.3. The number of rotatable bonds is 4. The monoisotopic (exact) mass is 321 g/mol. The molecule has 1 aliphatic heterocycles. The molecule has 2 rings (SSSR count). The van der Waals surface area contributed by atoms with Gasteiger partial charge in [0.05, 0.1) is 0 Å². The molecule has 23 heavy (non-hydrogen) atoms. The molecule has 0 saturated carbocycles. The van der Waals surface area contributed by atoms with Crippen LogP contribution < -0.4 is 5.32 Å². The minimum absolute atomic E-state index is 0.122. The molecular formula is C16H23N3O4. The van der Waals surface area contributed by atoms with Crippen molar-refractivity contribution in [2.75, 3.05) is 13.1 Å². The predicted octanol–water partition coefficient (Wildman–Crippen LogP) is 1.81. The fraction of sp³-hybridized carbons (Fsp3) is 0.562. The fourth-order valence-corrected chi connectivity index (χ4v) is 2.66. The fourth-order valence-electron chi connectivity index (χ4n) is 2.66. The normalized spacial score (nSPS) is 20.0. The Morgan fingerprint density at radius 2 is 2.22 bits per heavy atom. The van der Waals surface area contributed by atoms with Crippen molar-refractivity contribution in [2.24, 2.45) is 0 Å². The van der Waals surface area contributed by atoms with Crippen molar-refractivity contribution >= 4 is 12.1 Å². The van der Waals surface area contributed by atoms with Crippen LogP contribution in [-0.4, -0.2) is 51.8 Å². The van der Waals surface area contributed by atoms with Gasteiger partial charge in [-0.3, -0.25) is 14.7 Å². The number of nitrogens with zero attached hydrogens (tertiary/aromatic N) is 2. The SMILES string of the molecule is CC(C)(C)OC(=O)N[C@H]1CCN([C@@H](C(=O)O)c2cccnc2)C1. The minimum Gasteiger partial charge on any atom is -0.480 e. The number of aromatic nitrogens is 1. The van der Waals surface area contributed by atoms with Crippen LogP contribution in [0.25, 0.3) is 0 Å². The van der Waals surface area contributed by atoms with Crippen molar-refractivity contribution in [1.82, 2.24) is 15.2 Å². The largest absolute Gasteiger partial charge is 0.480 e. The first-order chi connectivity index (χ1) is 10.8. The molecule has 1 fully saturated rings. The van der Waals surface area contributed by atoms with Gasteiger partial charge in [-0.15, -0.1) is 0 Å². The summed E-state index contributed by atoms with van der Waals surface area (Å²) >= 11 is 0. The van der Waals surface area contributed by atoms with Crippen LogP contribution in [0.15, 0.2) is 24.5 Å². The van der Waals surface area contributed by atoms with Crippen LogP contribution in [0.2, 0.25) is 0 Å². The molecule has 7 nitrogen and oxygen atoms in total. The highest BCUT2D eigenvalue weighted by Gasteiger charge is 2.34. The number of ether oxygens (including phenoxy) is 1. The zero-order chi connectivity index (χ0) is 17.0. The summed E-state index contributed by atoms with van der Waals surface area (Å²) in [7, 11) is 0. The number of alkyl carbamates (subject to hydrolysis) is 1. The molecule has 1 aliphatic rings. The summed E-state index contributed by atoms with van der Waals surface area (Å²) in [6.45, 7) is 6.46. The molecule has 0 aliphatic carbocycles. The lowest BCUT2D eigenvalue weighted by atomic mass is 10.1. The molecule has 2 heterocycles. The van der Waals surface area contributed by atoms with E-state index in [1.54, 1.807) is 45.3 Å². The van der Waals surface area contributed by atoms with Crippen LogP contribution in [0.3, 0.4) is 0 Å². The van der Waals surface area contributed by atoms with Crippen molar-refractivity contribution in [2.45, 2.75) is 44.9 Å². The lowest BCUT2D eigenvalue weighted by Gasteiger charge is -2.25. The summed E-state index contributed by atoms with van der Waals surface area (Å²) in [6, 6.07) is 2.59. The van der Waals surface area contributed by atoms with Gasteiger partial charge < -0.3 is 15.2 Å². The number of carbonyl (C=O) groups is 2. The summed E-state index contributed by atoms with van der Waals surface area (Å²) in [6.07, 6.45) is 3.38. The summed E-state index contributed by atoms with van der Waals surface area (Å²) in [4.78, 5) is 29.3. The molecule has 2 atom stereocenters. The second-order valence-electron chi connectivity index (χ2n) is 6.65. The summed E-state index contributed by atoms with van der Waals surface area (Å²) < 4.78 is 5.23. The minimum atomic E-state index is -0.920. The first kappa shape index (κ1) is 17.2. The van der Waals surface area contributed by atoms with Crippen LogP contribution >= 0.6 is 0 Å². The zero-order valence-corrected chi connectivity index (χ0v) is 13.7. The van der Waals surface area contributed by atoms with Gasteiger partial charge in [-0.2, -0.15) is 0 Å². The maximum Gasteiger partial charge on any atom is 0.407 e. The van der Waals surface area contributed by atoms with Crippen molar-refractivity contribution in [3.63, 3.8) is 0 Å². The molecule has 7 heteroatoms. The number of carboxylic acid groups (broad SMARTS) is 1. The maximum atomic E-state index is 11.8. The molecule has 1 aromatic rings. The zero-order valence-electron chi connectivity index (χ0n) is 13.7. The average Bonchev–Trinajstić information content (AvgIpc) is 2.85. The van der Waals surface area contributed by atoms with Gasteiger partial charge in [0.2, 0.25) is 0 Å². The van der Waals surface area contributed by atoms with Crippen molar-refractivity contribution in [3.8, 4) is 0 Å². The quantitative estimate of drug-likeness (QED) is 0.879. The number of carbonyl (C=O) groups excluding carboxylic acids is 1. The second kappa shape index (κ2) is 6.95. The van der Waals surface area contributed by atoms with Gasteiger partial charge in [-0.25, -0.2) is 4.79 Å². The Morgan fingerprint density at radius 1 is 1.48 bits per heavy atom. The highest BCUT2D eigenvalue weighted by Crippen LogP contribution is 2.25. The summed E-state index contributed by atoms with van der Waals surface area (Å²) in [5.41, 5.74) is 0.0831. The smallest absolute Gasteiger partial charge is 0.407 e. The number of pyridine rings is 1. The third-order valence-corrected chi connectivity index (χ3v) is 3.54. The predicted molar refractivity (Wildman–Crippen MR) is 84.0 cm³/mol. The molecule has 0 spiro atoms. The molecule has 1 amide bonds. The number of carboxylic acids is 1. The topological polar surface area (TPSA) is 91.8 Å². The second-order valence-corrected chi connectivity index (χ2v) is 6.65. The number of hydrogen-bond acceptors (Lipinski definition) is 5. The Labute approximate surface area is 135 Å². The third-order valence-electron chi connectivity index (χ3n) is 3.54. The van der Waals surface area contributed by atoms with Crippen LogP contribution in [0, 0.1) is 0 Å². The van der Waals surface area contributed by atoms with Crippen molar-refractivity contribution < 1.29 is 19.4 Å².